The summed E-state index contributed by atoms with van der Waals surface area (Å²) in [6.45, 7) is 4.37. The molecule has 0 spiro atoms. The van der Waals surface area contributed by atoms with Crippen molar-refractivity contribution in [3.8, 4) is 17.2 Å². The van der Waals surface area contributed by atoms with Crippen LogP contribution >= 0.6 is 11.8 Å². The molecule has 6 heteroatoms. The summed E-state index contributed by atoms with van der Waals surface area (Å²) >= 11 is 1.79. The molecule has 0 bridgehead atoms. The van der Waals surface area contributed by atoms with Crippen LogP contribution in [0.15, 0.2) is 22.7 Å². The molecule has 0 unspecified atom stereocenters. The molecular formula is C14H19N3O2S. The normalized spacial score (nSPS) is 11.0. The molecule has 0 amide bonds. The number of hydrogen-bond donors (Lipinski definition) is 1. The molecule has 1 heterocycles. The molecule has 0 saturated heterocycles. The van der Waals surface area contributed by atoms with E-state index in [-0.39, 0.29) is 0 Å². The summed E-state index contributed by atoms with van der Waals surface area (Å²) in [5.74, 6) is 4.30. The van der Waals surface area contributed by atoms with E-state index >= 15 is 0 Å². The molecule has 20 heavy (non-hydrogen) atoms. The molecule has 0 aliphatic rings. The van der Waals surface area contributed by atoms with E-state index in [1.807, 2.05) is 0 Å². The lowest BCUT2D eigenvalue weighted by Crippen LogP contribution is -1.93. The Bertz CT molecular complexity index is 569. The van der Waals surface area contributed by atoms with Crippen LogP contribution in [0.3, 0.4) is 0 Å². The summed E-state index contributed by atoms with van der Waals surface area (Å²) in [6, 6.07) is 5.37. The van der Waals surface area contributed by atoms with Gasteiger partial charge in [0, 0.05) is 5.69 Å². The highest BCUT2D eigenvalue weighted by atomic mass is 32.2. The fourth-order valence-corrected chi connectivity index (χ4v) is 2.54. The lowest BCUT2D eigenvalue weighted by Gasteiger charge is -2.04. The van der Waals surface area contributed by atoms with Gasteiger partial charge in [-0.25, -0.2) is 0 Å². The zero-order valence-corrected chi connectivity index (χ0v) is 12.7. The first-order valence-electron chi connectivity index (χ1n) is 6.44. The highest BCUT2D eigenvalue weighted by Gasteiger charge is 2.13. The maximum atomic E-state index is 5.94. The van der Waals surface area contributed by atoms with Crippen molar-refractivity contribution in [1.29, 1.82) is 0 Å². The maximum absolute atomic E-state index is 5.94. The molecule has 0 aliphatic carbocycles. The van der Waals surface area contributed by atoms with E-state index in [1.165, 1.54) is 0 Å². The molecule has 2 rings (SSSR count). The van der Waals surface area contributed by atoms with Crippen LogP contribution in [0, 0.1) is 5.92 Å². The minimum Gasteiger partial charge on any atom is -0.497 e. The standard InChI is InChI=1S/C14H19N3O2S/c1-9(2)7-20-8-13-16-14(19-17-13)11-6-10(18-3)4-5-12(11)15/h4-6,9H,7-8,15H2,1-3H3. The van der Waals surface area contributed by atoms with Gasteiger partial charge in [-0.05, 0) is 29.9 Å². The quantitative estimate of drug-likeness (QED) is 0.824. The fraction of sp³-hybridized carbons (Fsp3) is 0.429. The number of methoxy groups -OCH3 is 1. The summed E-state index contributed by atoms with van der Waals surface area (Å²) in [4.78, 5) is 4.38. The van der Waals surface area contributed by atoms with Crippen molar-refractivity contribution in [2.75, 3.05) is 18.6 Å². The van der Waals surface area contributed by atoms with Gasteiger partial charge in [0.05, 0.1) is 18.4 Å². The van der Waals surface area contributed by atoms with Crippen molar-refractivity contribution < 1.29 is 9.26 Å². The maximum Gasteiger partial charge on any atom is 0.260 e. The number of hydrogen-bond acceptors (Lipinski definition) is 6. The first-order chi connectivity index (χ1) is 9.60. The molecule has 0 aliphatic heterocycles. The number of benzene rings is 1. The summed E-state index contributed by atoms with van der Waals surface area (Å²) in [6.07, 6.45) is 0. The second-order valence-corrected chi connectivity index (χ2v) is 5.91. The van der Waals surface area contributed by atoms with Crippen LogP contribution in [0.1, 0.15) is 19.7 Å². The summed E-state index contributed by atoms with van der Waals surface area (Å²) in [7, 11) is 1.61. The molecule has 0 atom stereocenters. The van der Waals surface area contributed by atoms with Crippen molar-refractivity contribution in [3.63, 3.8) is 0 Å². The van der Waals surface area contributed by atoms with Gasteiger partial charge in [-0.2, -0.15) is 16.7 Å². The van der Waals surface area contributed by atoms with Crippen molar-refractivity contribution in [2.45, 2.75) is 19.6 Å². The fourth-order valence-electron chi connectivity index (χ4n) is 1.66. The van der Waals surface area contributed by atoms with Gasteiger partial charge in [0.15, 0.2) is 5.82 Å². The smallest absolute Gasteiger partial charge is 0.260 e. The van der Waals surface area contributed by atoms with Crippen LogP contribution in [0.2, 0.25) is 0 Å². The molecule has 0 saturated carbocycles. The number of nitrogen functional groups attached to an aromatic ring is 1. The Morgan fingerprint density at radius 1 is 1.40 bits per heavy atom. The Morgan fingerprint density at radius 2 is 2.20 bits per heavy atom. The Labute approximate surface area is 122 Å². The number of rotatable bonds is 6. The number of anilines is 1. The zero-order valence-electron chi connectivity index (χ0n) is 11.9. The summed E-state index contributed by atoms with van der Waals surface area (Å²) < 4.78 is 10.5. The number of aromatic nitrogens is 2. The number of nitrogens with zero attached hydrogens (tertiary/aromatic N) is 2. The third-order valence-corrected chi connectivity index (χ3v) is 4.01. The van der Waals surface area contributed by atoms with Crippen LogP contribution in [-0.2, 0) is 5.75 Å². The summed E-state index contributed by atoms with van der Waals surface area (Å²) in [5.41, 5.74) is 7.24. The minimum atomic E-state index is 0.432. The topological polar surface area (TPSA) is 74.2 Å². The third kappa shape index (κ3) is 3.66. The average molecular weight is 293 g/mol. The highest BCUT2D eigenvalue weighted by Crippen LogP contribution is 2.29. The Kier molecular flexibility index (Phi) is 4.89. The summed E-state index contributed by atoms with van der Waals surface area (Å²) in [5, 5.41) is 3.98. The predicted molar refractivity (Wildman–Crippen MR) is 81.7 cm³/mol. The molecule has 0 fully saturated rings. The molecule has 0 radical (unpaired) electrons. The van der Waals surface area contributed by atoms with E-state index in [4.69, 9.17) is 15.0 Å². The Morgan fingerprint density at radius 3 is 2.90 bits per heavy atom. The van der Waals surface area contributed by atoms with E-state index in [0.29, 0.717) is 34.6 Å². The van der Waals surface area contributed by atoms with E-state index in [2.05, 4.69) is 24.0 Å². The van der Waals surface area contributed by atoms with Crippen molar-refractivity contribution in [2.24, 2.45) is 5.92 Å². The second-order valence-electron chi connectivity index (χ2n) is 4.88. The van der Waals surface area contributed by atoms with E-state index < -0.39 is 0 Å². The van der Waals surface area contributed by atoms with Gasteiger partial charge in [-0.3, -0.25) is 0 Å². The lowest BCUT2D eigenvalue weighted by molar-refractivity contribution is 0.412. The van der Waals surface area contributed by atoms with Gasteiger partial charge in [-0.1, -0.05) is 19.0 Å². The van der Waals surface area contributed by atoms with Gasteiger partial charge in [0.25, 0.3) is 5.89 Å². The Balaban J connectivity index is 2.12. The predicted octanol–water partition coefficient (Wildman–Crippen LogP) is 3.22. The van der Waals surface area contributed by atoms with Crippen molar-refractivity contribution in [3.05, 3.63) is 24.0 Å². The Hall–Kier alpha value is -1.69. The van der Waals surface area contributed by atoms with Gasteiger partial charge in [-0.15, -0.1) is 0 Å². The van der Waals surface area contributed by atoms with Crippen LogP contribution in [0.25, 0.3) is 11.5 Å². The molecule has 2 N–H and O–H groups in total. The van der Waals surface area contributed by atoms with Gasteiger partial charge in [0.1, 0.15) is 5.75 Å². The van der Waals surface area contributed by atoms with Crippen LogP contribution in [0.5, 0.6) is 5.75 Å². The zero-order chi connectivity index (χ0) is 14.5. The van der Waals surface area contributed by atoms with Gasteiger partial charge in [0.2, 0.25) is 0 Å². The first kappa shape index (κ1) is 14.7. The minimum absolute atomic E-state index is 0.432. The molecule has 108 valence electrons. The average Bonchev–Trinajstić information content (AvgIpc) is 2.87. The van der Waals surface area contributed by atoms with Crippen molar-refractivity contribution in [1.82, 2.24) is 10.1 Å². The van der Waals surface area contributed by atoms with Gasteiger partial charge >= 0.3 is 0 Å². The third-order valence-electron chi connectivity index (χ3n) is 2.64. The number of nitrogens with two attached hydrogens (primary N) is 1. The number of thioether (sulfide) groups is 1. The number of ether oxygens (including phenoxy) is 1. The second kappa shape index (κ2) is 6.65. The van der Waals surface area contributed by atoms with Crippen molar-refractivity contribution >= 4 is 17.4 Å². The van der Waals surface area contributed by atoms with E-state index in [0.717, 1.165) is 11.5 Å². The molecule has 5 nitrogen and oxygen atoms in total. The monoisotopic (exact) mass is 293 g/mol. The molecule has 1 aromatic carbocycles. The largest absolute Gasteiger partial charge is 0.497 e. The lowest BCUT2D eigenvalue weighted by atomic mass is 10.1. The molecule has 2 aromatic rings. The van der Waals surface area contributed by atoms with E-state index in [9.17, 15) is 0 Å². The first-order valence-corrected chi connectivity index (χ1v) is 7.60. The SMILES string of the molecule is COc1ccc(N)c(-c2nc(CSCC(C)C)no2)c1. The molecule has 1 aromatic heterocycles. The van der Waals surface area contributed by atoms with Gasteiger partial charge < -0.3 is 15.0 Å². The molecular weight excluding hydrogens is 274 g/mol. The van der Waals surface area contributed by atoms with Crippen LogP contribution < -0.4 is 10.5 Å². The van der Waals surface area contributed by atoms with Crippen LogP contribution in [0.4, 0.5) is 5.69 Å². The van der Waals surface area contributed by atoms with Crippen LogP contribution in [-0.4, -0.2) is 23.0 Å². The van der Waals surface area contributed by atoms with E-state index in [1.54, 1.807) is 37.1 Å². The highest BCUT2D eigenvalue weighted by molar-refractivity contribution is 7.98.